The van der Waals surface area contributed by atoms with E-state index in [0.717, 1.165) is 36.8 Å². The van der Waals surface area contributed by atoms with E-state index < -0.39 is 20.0 Å². The molecule has 2 amide bonds. The highest BCUT2D eigenvalue weighted by molar-refractivity contribution is 7.89. The van der Waals surface area contributed by atoms with Crippen molar-refractivity contribution in [3.8, 4) is 0 Å². The molecule has 4 heterocycles. The molecule has 0 atom stereocenters. The average Bonchev–Trinajstić information content (AvgIpc) is 3.22. The number of nitrogen functional groups attached to an aromatic ring is 2. The molecule has 2 aliphatic rings. The highest BCUT2D eigenvalue weighted by Crippen LogP contribution is 2.21. The predicted molar refractivity (Wildman–Crippen MR) is 214 cm³/mol. The maximum atomic E-state index is 12.6. The molecule has 2 fully saturated rings. The predicted octanol–water partition coefficient (Wildman–Crippen LogP) is 2.15. The fourth-order valence-electron chi connectivity index (χ4n) is 6.41. The topological polar surface area (TPSA) is 237 Å². The molecular formula is C38H50N10O6S2. The van der Waals surface area contributed by atoms with Crippen LogP contribution in [0.4, 0.5) is 11.9 Å². The summed E-state index contributed by atoms with van der Waals surface area (Å²) < 4.78 is 53.4. The van der Waals surface area contributed by atoms with Crippen LogP contribution in [-0.4, -0.2) is 108 Å². The normalized spacial score (nSPS) is 16.0. The molecule has 2 aliphatic heterocycles. The molecule has 16 nitrogen and oxygen atoms in total. The number of sulfonamides is 2. The van der Waals surface area contributed by atoms with Crippen molar-refractivity contribution in [3.05, 3.63) is 108 Å². The van der Waals surface area contributed by atoms with Crippen molar-refractivity contribution in [3.63, 3.8) is 0 Å². The van der Waals surface area contributed by atoms with Crippen molar-refractivity contribution in [2.75, 3.05) is 62.2 Å². The lowest BCUT2D eigenvalue weighted by atomic mass is 9.98. The Morgan fingerprint density at radius 2 is 0.893 bits per heavy atom. The van der Waals surface area contributed by atoms with Gasteiger partial charge in [0.15, 0.2) is 0 Å². The number of aromatic nitrogens is 4. The molecule has 18 heteroatoms. The zero-order valence-corrected chi connectivity index (χ0v) is 32.9. The van der Waals surface area contributed by atoms with Crippen molar-refractivity contribution >= 4 is 43.8 Å². The van der Waals surface area contributed by atoms with Gasteiger partial charge in [-0.1, -0.05) is 60.7 Å². The van der Waals surface area contributed by atoms with Gasteiger partial charge in [0.25, 0.3) is 11.8 Å². The monoisotopic (exact) mass is 806 g/mol. The average molecular weight is 807 g/mol. The smallest absolute Gasteiger partial charge is 0.254 e. The number of aryl methyl sites for hydroxylation is 2. The molecule has 6 rings (SSSR count). The lowest BCUT2D eigenvalue weighted by molar-refractivity contribution is 0.0933. The third kappa shape index (κ3) is 13.0. The molecule has 6 N–H and O–H groups in total. The Bertz CT molecular complexity index is 1910. The zero-order chi connectivity index (χ0) is 40.0. The number of benzene rings is 2. The Morgan fingerprint density at radius 1 is 0.571 bits per heavy atom. The molecule has 2 saturated heterocycles. The summed E-state index contributed by atoms with van der Waals surface area (Å²) in [6.45, 7) is 2.96. The minimum Gasteiger partial charge on any atom is -0.368 e. The van der Waals surface area contributed by atoms with E-state index in [1.165, 1.54) is 24.8 Å². The molecule has 300 valence electrons. The van der Waals surface area contributed by atoms with Crippen LogP contribution in [0.25, 0.3) is 0 Å². The van der Waals surface area contributed by atoms with Gasteiger partial charge in [-0.05, 0) is 61.5 Å². The number of carbonyl (C=O) groups is 2. The summed E-state index contributed by atoms with van der Waals surface area (Å²) in [4.78, 5) is 39.4. The van der Waals surface area contributed by atoms with Crippen molar-refractivity contribution in [1.82, 2.24) is 39.2 Å². The van der Waals surface area contributed by atoms with E-state index in [9.17, 15) is 26.4 Å². The van der Waals surface area contributed by atoms with Gasteiger partial charge in [-0.25, -0.2) is 45.4 Å². The first-order valence-corrected chi connectivity index (χ1v) is 21.8. The maximum Gasteiger partial charge on any atom is 0.254 e. The van der Waals surface area contributed by atoms with Crippen LogP contribution in [0, 0.1) is 11.8 Å². The number of amides is 2. The lowest BCUT2D eigenvalue weighted by Crippen LogP contribution is -2.42. The van der Waals surface area contributed by atoms with Crippen LogP contribution in [0.2, 0.25) is 0 Å². The number of hydrogen-bond donors (Lipinski definition) is 4. The van der Waals surface area contributed by atoms with Gasteiger partial charge < -0.3 is 22.1 Å². The summed E-state index contributed by atoms with van der Waals surface area (Å²) in [5.41, 5.74) is 13.6. The van der Waals surface area contributed by atoms with Crippen molar-refractivity contribution in [2.45, 2.75) is 38.5 Å². The number of nitrogens with one attached hydrogen (secondary N) is 2. The maximum absolute atomic E-state index is 12.6. The van der Waals surface area contributed by atoms with E-state index in [-0.39, 0.29) is 47.1 Å². The Hall–Kier alpha value is -5.04. The summed E-state index contributed by atoms with van der Waals surface area (Å²) in [5, 5.41) is 5.72. The number of carbonyl (C=O) groups excluding carboxylic acids is 2. The standard InChI is InChI=1S/2C19H25N5O3S/c2*20-19-22-13-17(14-23-19)18(25)21-12-16-6-9-24(10-7-16)28(26,27)11-8-15-4-2-1-3-5-15/h2*1-5,13-14,16H,6-12H2,(H,21,25)(H2,20,22,23). The number of anilines is 2. The first-order chi connectivity index (χ1) is 26.9. The largest absolute Gasteiger partial charge is 0.368 e. The minimum absolute atomic E-state index is 0.121. The number of rotatable bonds is 14. The third-order valence-corrected chi connectivity index (χ3v) is 13.6. The van der Waals surface area contributed by atoms with E-state index >= 15 is 0 Å². The van der Waals surface area contributed by atoms with E-state index in [4.69, 9.17) is 11.5 Å². The van der Waals surface area contributed by atoms with Crippen molar-refractivity contribution < 1.29 is 26.4 Å². The van der Waals surface area contributed by atoms with Crippen LogP contribution >= 0.6 is 0 Å². The molecule has 0 spiro atoms. The second-order valence-electron chi connectivity index (χ2n) is 13.9. The van der Waals surface area contributed by atoms with Crippen LogP contribution in [0.1, 0.15) is 57.5 Å². The lowest BCUT2D eigenvalue weighted by Gasteiger charge is -2.31. The van der Waals surface area contributed by atoms with Gasteiger partial charge in [0.1, 0.15) is 0 Å². The molecule has 0 bridgehead atoms. The molecule has 2 aromatic carbocycles. The molecular weight excluding hydrogens is 757 g/mol. The Balaban J connectivity index is 0.000000214. The summed E-state index contributed by atoms with van der Waals surface area (Å²) in [6, 6.07) is 19.3. The molecule has 4 aromatic rings. The fraction of sp³-hybridized carbons (Fsp3) is 0.421. The Morgan fingerprint density at radius 3 is 1.21 bits per heavy atom. The summed E-state index contributed by atoms with van der Waals surface area (Å²) in [7, 11) is -6.53. The second kappa shape index (κ2) is 20.2. The fourth-order valence-corrected chi connectivity index (χ4v) is 9.45. The Labute approximate surface area is 328 Å². The molecule has 0 radical (unpaired) electrons. The third-order valence-electron chi connectivity index (χ3n) is 9.89. The number of hydrogen-bond acceptors (Lipinski definition) is 12. The number of nitrogens with two attached hydrogens (primary N) is 2. The number of piperidine rings is 2. The molecule has 56 heavy (non-hydrogen) atoms. The van der Waals surface area contributed by atoms with E-state index in [0.29, 0.717) is 63.2 Å². The number of nitrogens with zero attached hydrogens (tertiary/aromatic N) is 6. The first kappa shape index (κ1) is 42.1. The first-order valence-electron chi connectivity index (χ1n) is 18.6. The molecule has 0 aliphatic carbocycles. The molecule has 0 saturated carbocycles. The Kier molecular flexibility index (Phi) is 15.2. The van der Waals surface area contributed by atoms with Crippen LogP contribution in [0.15, 0.2) is 85.5 Å². The molecule has 0 unspecified atom stereocenters. The molecule has 2 aromatic heterocycles. The van der Waals surface area contributed by atoms with Gasteiger partial charge in [0.2, 0.25) is 31.9 Å². The highest BCUT2D eigenvalue weighted by Gasteiger charge is 2.29. The van der Waals surface area contributed by atoms with E-state index in [1.807, 2.05) is 60.7 Å². The van der Waals surface area contributed by atoms with Crippen LogP contribution in [0.5, 0.6) is 0 Å². The van der Waals surface area contributed by atoms with Gasteiger partial charge in [0.05, 0.1) is 22.6 Å². The second-order valence-corrected chi connectivity index (χ2v) is 18.0. The van der Waals surface area contributed by atoms with Crippen molar-refractivity contribution in [2.24, 2.45) is 11.8 Å². The van der Waals surface area contributed by atoms with Gasteiger partial charge >= 0.3 is 0 Å². The van der Waals surface area contributed by atoms with Crippen LogP contribution in [0.3, 0.4) is 0 Å². The minimum atomic E-state index is -3.27. The zero-order valence-electron chi connectivity index (χ0n) is 31.2. The van der Waals surface area contributed by atoms with Gasteiger partial charge in [-0.2, -0.15) is 0 Å². The van der Waals surface area contributed by atoms with Gasteiger partial charge in [0, 0.05) is 64.1 Å². The van der Waals surface area contributed by atoms with E-state index in [2.05, 4.69) is 30.6 Å². The van der Waals surface area contributed by atoms with Gasteiger partial charge in [-0.15, -0.1) is 0 Å². The summed E-state index contributed by atoms with van der Waals surface area (Å²) in [5.74, 6) is 0.481. The van der Waals surface area contributed by atoms with Crippen molar-refractivity contribution in [1.29, 1.82) is 0 Å². The summed E-state index contributed by atoms with van der Waals surface area (Å²) >= 11 is 0. The van der Waals surface area contributed by atoms with Gasteiger partial charge in [-0.3, -0.25) is 9.59 Å². The van der Waals surface area contributed by atoms with E-state index in [1.54, 1.807) is 8.61 Å². The summed E-state index contributed by atoms with van der Waals surface area (Å²) in [6.07, 6.45) is 9.49. The van der Waals surface area contributed by atoms with Crippen LogP contribution in [-0.2, 0) is 32.9 Å². The van der Waals surface area contributed by atoms with Crippen LogP contribution < -0.4 is 22.1 Å². The SMILES string of the molecule is Nc1ncc(C(=O)NCC2CCN(S(=O)(=O)CCc3ccccc3)CC2)cn1.Nc1ncc(C(=O)NCC2CCN(S(=O)(=O)CCc3ccccc3)CC2)cn1. The highest BCUT2D eigenvalue weighted by atomic mass is 32.2. The quantitative estimate of drug-likeness (QED) is 0.144.